The van der Waals surface area contributed by atoms with Crippen molar-refractivity contribution in [2.24, 2.45) is 0 Å². The molecule has 0 atom stereocenters. The van der Waals surface area contributed by atoms with Crippen LogP contribution in [0.2, 0.25) is 0 Å². The third-order valence-electron chi connectivity index (χ3n) is 4.41. The van der Waals surface area contributed by atoms with Crippen LogP contribution in [0.1, 0.15) is 15.4 Å². The molecule has 1 amide bonds. The lowest BCUT2D eigenvalue weighted by Gasteiger charge is -2.06. The summed E-state index contributed by atoms with van der Waals surface area (Å²) in [7, 11) is 0. The number of pyridine rings is 1. The van der Waals surface area contributed by atoms with Crippen LogP contribution in [0.5, 0.6) is 0 Å². The van der Waals surface area contributed by atoms with Gasteiger partial charge in [-0.05, 0) is 35.4 Å². The first kappa shape index (κ1) is 18.1. The normalized spacial score (nSPS) is 10.6. The first-order valence-electron chi connectivity index (χ1n) is 9.08. The van der Waals surface area contributed by atoms with E-state index in [0.29, 0.717) is 18.5 Å². The minimum Gasteiger partial charge on any atom is -0.352 e. The highest BCUT2D eigenvalue weighted by Gasteiger charge is 2.08. The zero-order valence-corrected chi connectivity index (χ0v) is 16.0. The molecule has 4 aromatic rings. The van der Waals surface area contributed by atoms with Gasteiger partial charge in [-0.25, -0.2) is 4.98 Å². The van der Waals surface area contributed by atoms with Crippen molar-refractivity contribution in [3.8, 4) is 22.4 Å². The van der Waals surface area contributed by atoms with Crippen molar-refractivity contribution in [3.05, 3.63) is 95.1 Å². The molecular formula is C23H19N3OS. The summed E-state index contributed by atoms with van der Waals surface area (Å²) in [4.78, 5) is 21.0. The average Bonchev–Trinajstić information content (AvgIpc) is 3.24. The highest BCUT2D eigenvalue weighted by atomic mass is 32.1. The molecule has 2 heterocycles. The van der Waals surface area contributed by atoms with Gasteiger partial charge in [0.05, 0.1) is 10.7 Å². The van der Waals surface area contributed by atoms with Gasteiger partial charge in [-0.3, -0.25) is 9.78 Å². The number of carbonyl (C=O) groups excluding carboxylic acids is 1. The molecule has 0 saturated carbocycles. The summed E-state index contributed by atoms with van der Waals surface area (Å²) in [6.07, 6.45) is 4.23. The third-order valence-corrected chi connectivity index (χ3v) is 5.32. The van der Waals surface area contributed by atoms with Crippen molar-refractivity contribution in [2.45, 2.75) is 6.42 Å². The van der Waals surface area contributed by atoms with E-state index in [0.717, 1.165) is 27.4 Å². The number of thiazole rings is 1. The summed E-state index contributed by atoms with van der Waals surface area (Å²) < 4.78 is 0. The lowest BCUT2D eigenvalue weighted by atomic mass is 10.0. The molecule has 138 valence electrons. The Morgan fingerprint density at radius 3 is 2.32 bits per heavy atom. The predicted molar refractivity (Wildman–Crippen MR) is 113 cm³/mol. The van der Waals surface area contributed by atoms with E-state index in [1.54, 1.807) is 23.7 Å². The topological polar surface area (TPSA) is 54.9 Å². The van der Waals surface area contributed by atoms with Gasteiger partial charge in [0.15, 0.2) is 0 Å². The summed E-state index contributed by atoms with van der Waals surface area (Å²) in [5.41, 5.74) is 4.91. The molecule has 0 aliphatic heterocycles. The number of nitrogens with zero attached hydrogens (tertiary/aromatic N) is 2. The van der Waals surface area contributed by atoms with E-state index in [1.807, 2.05) is 60.0 Å². The number of nitrogens with one attached hydrogen (secondary N) is 1. The number of carbonyl (C=O) groups is 1. The molecule has 0 aliphatic rings. The monoisotopic (exact) mass is 385 g/mol. The van der Waals surface area contributed by atoms with Crippen molar-refractivity contribution in [1.82, 2.24) is 15.3 Å². The van der Waals surface area contributed by atoms with Gasteiger partial charge >= 0.3 is 0 Å². The number of benzene rings is 2. The Balaban J connectivity index is 1.32. The molecule has 2 aromatic heterocycles. The fourth-order valence-electron chi connectivity index (χ4n) is 2.91. The van der Waals surface area contributed by atoms with Crippen molar-refractivity contribution in [2.75, 3.05) is 6.54 Å². The van der Waals surface area contributed by atoms with Crippen molar-refractivity contribution in [1.29, 1.82) is 0 Å². The number of hydrogen-bond acceptors (Lipinski definition) is 4. The highest BCUT2D eigenvalue weighted by Crippen LogP contribution is 2.21. The fraction of sp³-hybridized carbons (Fsp3) is 0.0870. The predicted octanol–water partition coefficient (Wildman–Crippen LogP) is 4.84. The van der Waals surface area contributed by atoms with Crippen LogP contribution in [0.4, 0.5) is 0 Å². The third kappa shape index (κ3) is 4.32. The maximum absolute atomic E-state index is 12.4. The van der Waals surface area contributed by atoms with Crippen molar-refractivity contribution < 1.29 is 4.79 Å². The van der Waals surface area contributed by atoms with Crippen LogP contribution < -0.4 is 5.32 Å². The van der Waals surface area contributed by atoms with Gasteiger partial charge in [0.1, 0.15) is 0 Å². The molecule has 1 N–H and O–H groups in total. The number of amides is 1. The summed E-state index contributed by atoms with van der Waals surface area (Å²) in [5.74, 6) is -0.0643. The molecule has 4 nitrogen and oxygen atoms in total. The van der Waals surface area contributed by atoms with Gasteiger partial charge in [-0.1, -0.05) is 42.5 Å². The molecule has 0 spiro atoms. The van der Waals surface area contributed by atoms with Crippen LogP contribution in [0.15, 0.2) is 84.5 Å². The maximum Gasteiger partial charge on any atom is 0.251 e. The Morgan fingerprint density at radius 1 is 0.857 bits per heavy atom. The van der Waals surface area contributed by atoms with Crippen molar-refractivity contribution >= 4 is 17.2 Å². The van der Waals surface area contributed by atoms with Crippen LogP contribution in [0.3, 0.4) is 0 Å². The van der Waals surface area contributed by atoms with E-state index >= 15 is 0 Å². The molecule has 2 aromatic carbocycles. The largest absolute Gasteiger partial charge is 0.352 e. The van der Waals surface area contributed by atoms with E-state index in [4.69, 9.17) is 0 Å². The van der Waals surface area contributed by atoms with Gasteiger partial charge in [-0.15, -0.1) is 11.3 Å². The van der Waals surface area contributed by atoms with Gasteiger partial charge in [-0.2, -0.15) is 0 Å². The van der Waals surface area contributed by atoms with E-state index in [-0.39, 0.29) is 5.91 Å². The summed E-state index contributed by atoms with van der Waals surface area (Å²) in [6.45, 7) is 0.558. The van der Waals surface area contributed by atoms with Crippen LogP contribution >= 0.6 is 11.3 Å². The number of hydrogen-bond donors (Lipinski definition) is 1. The molecule has 5 heteroatoms. The Labute approximate surface area is 167 Å². The van der Waals surface area contributed by atoms with E-state index in [9.17, 15) is 4.79 Å². The second kappa shape index (κ2) is 8.59. The van der Waals surface area contributed by atoms with Gasteiger partial charge in [0, 0.05) is 41.9 Å². The smallest absolute Gasteiger partial charge is 0.251 e. The summed E-state index contributed by atoms with van der Waals surface area (Å²) in [6, 6.07) is 21.7. The number of rotatable bonds is 6. The van der Waals surface area contributed by atoms with E-state index in [2.05, 4.69) is 27.4 Å². The Morgan fingerprint density at radius 2 is 1.57 bits per heavy atom. The SMILES string of the molecule is O=C(NCCc1nc(-c2ccncc2)cs1)c1ccc(-c2ccccc2)cc1. The Kier molecular flexibility index (Phi) is 5.54. The summed E-state index contributed by atoms with van der Waals surface area (Å²) in [5, 5.41) is 6.02. The first-order chi connectivity index (χ1) is 13.8. The minimum absolute atomic E-state index is 0.0643. The van der Waals surface area contributed by atoms with E-state index in [1.165, 1.54) is 0 Å². The number of aromatic nitrogens is 2. The maximum atomic E-state index is 12.4. The average molecular weight is 385 g/mol. The minimum atomic E-state index is -0.0643. The Bertz CT molecular complexity index is 1040. The first-order valence-corrected chi connectivity index (χ1v) is 9.96. The molecule has 0 radical (unpaired) electrons. The fourth-order valence-corrected chi connectivity index (χ4v) is 3.72. The zero-order chi connectivity index (χ0) is 19.2. The quantitative estimate of drug-likeness (QED) is 0.516. The molecule has 0 unspecified atom stereocenters. The highest BCUT2D eigenvalue weighted by molar-refractivity contribution is 7.09. The second-order valence-electron chi connectivity index (χ2n) is 6.31. The molecule has 0 aliphatic carbocycles. The molecule has 0 fully saturated rings. The molecule has 28 heavy (non-hydrogen) atoms. The van der Waals surface area contributed by atoms with Crippen LogP contribution in [0, 0.1) is 0 Å². The van der Waals surface area contributed by atoms with Gasteiger partial charge in [0.2, 0.25) is 0 Å². The van der Waals surface area contributed by atoms with Crippen LogP contribution in [0.25, 0.3) is 22.4 Å². The molecule has 0 saturated heterocycles. The molecular weight excluding hydrogens is 366 g/mol. The Hall–Kier alpha value is -3.31. The zero-order valence-electron chi connectivity index (χ0n) is 15.2. The van der Waals surface area contributed by atoms with Gasteiger partial charge < -0.3 is 5.32 Å². The molecule has 0 bridgehead atoms. The van der Waals surface area contributed by atoms with Crippen LogP contribution in [-0.4, -0.2) is 22.4 Å². The lowest BCUT2D eigenvalue weighted by Crippen LogP contribution is -2.25. The lowest BCUT2D eigenvalue weighted by molar-refractivity contribution is 0.0954. The second-order valence-corrected chi connectivity index (χ2v) is 7.25. The van der Waals surface area contributed by atoms with Crippen molar-refractivity contribution in [3.63, 3.8) is 0 Å². The molecule has 4 rings (SSSR count). The summed E-state index contributed by atoms with van der Waals surface area (Å²) >= 11 is 1.61. The van der Waals surface area contributed by atoms with E-state index < -0.39 is 0 Å². The van der Waals surface area contributed by atoms with Crippen LogP contribution in [-0.2, 0) is 6.42 Å². The van der Waals surface area contributed by atoms with Gasteiger partial charge in [0.25, 0.3) is 5.91 Å². The standard InChI is InChI=1S/C23H19N3OS/c27-23(20-8-6-18(7-9-20)17-4-2-1-3-5-17)25-15-12-22-26-21(16-28-22)19-10-13-24-14-11-19/h1-11,13-14,16H,12,15H2,(H,25,27).